The van der Waals surface area contributed by atoms with Crippen LogP contribution in [-0.2, 0) is 24.2 Å². The molecule has 4 rings (SSSR count). The largest absolute Gasteiger partial charge is 0.352 e. The number of hydrogen-bond donors (Lipinski definition) is 1. The molecule has 0 spiro atoms. The summed E-state index contributed by atoms with van der Waals surface area (Å²) in [7, 11) is 0. The number of carbonyl (C=O) groups is 1. The van der Waals surface area contributed by atoms with Crippen LogP contribution in [0.1, 0.15) is 22.6 Å². The molecule has 0 aromatic carbocycles. The maximum Gasteiger partial charge on any atom is 0.223 e. The SMILES string of the molecule is O=C(NCc1ccncc1)C1CCc2nc(-c3cccnc3)sc2C1. The van der Waals surface area contributed by atoms with Crippen molar-refractivity contribution in [2.75, 3.05) is 0 Å². The molecule has 0 fully saturated rings. The molecule has 0 saturated heterocycles. The third-order valence-corrected chi connectivity index (χ3v) is 5.60. The van der Waals surface area contributed by atoms with Crippen molar-refractivity contribution in [2.24, 2.45) is 5.92 Å². The second-order valence-electron chi connectivity index (χ2n) is 6.14. The number of pyridine rings is 2. The van der Waals surface area contributed by atoms with Gasteiger partial charge in [-0.05, 0) is 49.1 Å². The van der Waals surface area contributed by atoms with Crippen LogP contribution in [0.3, 0.4) is 0 Å². The van der Waals surface area contributed by atoms with E-state index in [0.29, 0.717) is 6.54 Å². The van der Waals surface area contributed by atoms with Crippen LogP contribution in [0.5, 0.6) is 0 Å². The van der Waals surface area contributed by atoms with E-state index in [1.54, 1.807) is 29.9 Å². The lowest BCUT2D eigenvalue weighted by Crippen LogP contribution is -2.33. The van der Waals surface area contributed by atoms with Crippen molar-refractivity contribution in [3.8, 4) is 10.6 Å². The molecule has 1 aliphatic rings. The molecule has 1 atom stereocenters. The van der Waals surface area contributed by atoms with E-state index in [-0.39, 0.29) is 11.8 Å². The first kappa shape index (κ1) is 15.9. The van der Waals surface area contributed by atoms with Gasteiger partial charge in [0.05, 0.1) is 5.69 Å². The highest BCUT2D eigenvalue weighted by Crippen LogP contribution is 2.34. The lowest BCUT2D eigenvalue weighted by Gasteiger charge is -2.20. The van der Waals surface area contributed by atoms with E-state index in [2.05, 4.69) is 15.3 Å². The highest BCUT2D eigenvalue weighted by Gasteiger charge is 2.27. The van der Waals surface area contributed by atoms with E-state index in [9.17, 15) is 4.79 Å². The summed E-state index contributed by atoms with van der Waals surface area (Å²) in [6.07, 6.45) is 9.57. The van der Waals surface area contributed by atoms with E-state index in [0.717, 1.165) is 41.1 Å². The molecule has 1 unspecified atom stereocenters. The molecular weight excluding hydrogens is 332 g/mol. The van der Waals surface area contributed by atoms with Gasteiger partial charge in [-0.15, -0.1) is 11.3 Å². The topological polar surface area (TPSA) is 67.8 Å². The molecule has 0 bridgehead atoms. The molecule has 3 aromatic rings. The summed E-state index contributed by atoms with van der Waals surface area (Å²) < 4.78 is 0. The molecule has 3 heterocycles. The zero-order valence-electron chi connectivity index (χ0n) is 13.7. The van der Waals surface area contributed by atoms with Crippen LogP contribution < -0.4 is 5.32 Å². The van der Waals surface area contributed by atoms with Gasteiger partial charge in [0.25, 0.3) is 0 Å². The van der Waals surface area contributed by atoms with Gasteiger partial charge in [0.2, 0.25) is 5.91 Å². The fourth-order valence-corrected chi connectivity index (χ4v) is 4.22. The second-order valence-corrected chi connectivity index (χ2v) is 7.23. The predicted molar refractivity (Wildman–Crippen MR) is 96.9 cm³/mol. The minimum absolute atomic E-state index is 0.0246. The molecule has 1 amide bonds. The first-order valence-corrected chi connectivity index (χ1v) is 9.17. The Bertz CT molecular complexity index is 864. The molecule has 25 heavy (non-hydrogen) atoms. The van der Waals surface area contributed by atoms with Crippen LogP contribution in [0.2, 0.25) is 0 Å². The number of aromatic nitrogens is 3. The molecule has 1 aliphatic carbocycles. The first-order chi connectivity index (χ1) is 12.3. The van der Waals surface area contributed by atoms with Crippen molar-refractivity contribution < 1.29 is 4.79 Å². The fourth-order valence-electron chi connectivity index (χ4n) is 3.05. The zero-order chi connectivity index (χ0) is 17.1. The minimum Gasteiger partial charge on any atom is -0.352 e. The Morgan fingerprint density at radius 1 is 1.20 bits per heavy atom. The summed E-state index contributed by atoms with van der Waals surface area (Å²) in [6, 6.07) is 7.78. The highest BCUT2D eigenvalue weighted by molar-refractivity contribution is 7.15. The maximum atomic E-state index is 12.5. The number of amides is 1. The Kier molecular flexibility index (Phi) is 4.52. The molecule has 0 saturated carbocycles. The molecule has 126 valence electrons. The summed E-state index contributed by atoms with van der Waals surface area (Å²) in [6.45, 7) is 0.550. The average Bonchev–Trinajstić information content (AvgIpc) is 3.11. The van der Waals surface area contributed by atoms with E-state index < -0.39 is 0 Å². The molecule has 1 N–H and O–H groups in total. The third-order valence-electron chi connectivity index (χ3n) is 4.44. The Morgan fingerprint density at radius 3 is 2.88 bits per heavy atom. The minimum atomic E-state index is 0.0246. The van der Waals surface area contributed by atoms with E-state index in [1.165, 1.54) is 4.88 Å². The number of hydrogen-bond acceptors (Lipinski definition) is 5. The Labute approximate surface area is 150 Å². The van der Waals surface area contributed by atoms with Crippen molar-refractivity contribution in [1.29, 1.82) is 0 Å². The van der Waals surface area contributed by atoms with Crippen molar-refractivity contribution in [2.45, 2.75) is 25.8 Å². The van der Waals surface area contributed by atoms with Crippen LogP contribution in [-0.4, -0.2) is 20.9 Å². The lowest BCUT2D eigenvalue weighted by atomic mass is 9.90. The van der Waals surface area contributed by atoms with Crippen molar-refractivity contribution >= 4 is 17.2 Å². The van der Waals surface area contributed by atoms with Gasteiger partial charge in [0.15, 0.2) is 0 Å². The molecule has 0 radical (unpaired) electrons. The second kappa shape index (κ2) is 7.11. The number of rotatable bonds is 4. The monoisotopic (exact) mass is 350 g/mol. The Morgan fingerprint density at radius 2 is 2.08 bits per heavy atom. The van der Waals surface area contributed by atoms with Crippen molar-refractivity contribution in [1.82, 2.24) is 20.3 Å². The van der Waals surface area contributed by atoms with Crippen LogP contribution in [0.25, 0.3) is 10.6 Å². The van der Waals surface area contributed by atoms with Crippen LogP contribution >= 0.6 is 11.3 Å². The summed E-state index contributed by atoms with van der Waals surface area (Å²) in [5, 5.41) is 4.04. The molecule has 5 nitrogen and oxygen atoms in total. The first-order valence-electron chi connectivity index (χ1n) is 8.35. The van der Waals surface area contributed by atoms with E-state index >= 15 is 0 Å². The van der Waals surface area contributed by atoms with Gasteiger partial charge in [-0.1, -0.05) is 0 Å². The van der Waals surface area contributed by atoms with E-state index in [1.807, 2.05) is 30.5 Å². The molecular formula is C19H18N4OS. The third kappa shape index (κ3) is 3.58. The Balaban J connectivity index is 1.42. The predicted octanol–water partition coefficient (Wildman–Crippen LogP) is 3.02. The highest BCUT2D eigenvalue weighted by atomic mass is 32.1. The fraction of sp³-hybridized carbons (Fsp3) is 0.263. The van der Waals surface area contributed by atoms with Gasteiger partial charge >= 0.3 is 0 Å². The van der Waals surface area contributed by atoms with Gasteiger partial charge in [0.1, 0.15) is 5.01 Å². The zero-order valence-corrected chi connectivity index (χ0v) is 14.5. The van der Waals surface area contributed by atoms with Gasteiger partial charge < -0.3 is 5.32 Å². The molecule has 6 heteroatoms. The average molecular weight is 350 g/mol. The number of aryl methyl sites for hydroxylation is 1. The quantitative estimate of drug-likeness (QED) is 0.785. The van der Waals surface area contributed by atoms with Gasteiger partial charge in [-0.25, -0.2) is 4.98 Å². The van der Waals surface area contributed by atoms with E-state index in [4.69, 9.17) is 4.98 Å². The maximum absolute atomic E-state index is 12.5. The smallest absolute Gasteiger partial charge is 0.223 e. The van der Waals surface area contributed by atoms with Gasteiger partial charge in [-0.3, -0.25) is 14.8 Å². The van der Waals surface area contributed by atoms with Crippen LogP contribution in [0, 0.1) is 5.92 Å². The van der Waals surface area contributed by atoms with Crippen molar-refractivity contribution in [3.63, 3.8) is 0 Å². The number of thiazole rings is 1. The standard InChI is InChI=1S/C19H18N4OS/c24-18(22-11-13-5-8-20-9-6-13)14-3-4-16-17(10-14)25-19(23-16)15-2-1-7-21-12-15/h1-2,5-9,12,14H,3-4,10-11H2,(H,22,24). The normalized spacial score (nSPS) is 16.2. The van der Waals surface area contributed by atoms with Crippen LogP contribution in [0.4, 0.5) is 0 Å². The van der Waals surface area contributed by atoms with Crippen LogP contribution in [0.15, 0.2) is 49.1 Å². The summed E-state index contributed by atoms with van der Waals surface area (Å²) >= 11 is 1.68. The lowest BCUT2D eigenvalue weighted by molar-refractivity contribution is -0.125. The summed E-state index contributed by atoms with van der Waals surface area (Å²) in [5.74, 6) is 0.148. The number of fused-ring (bicyclic) bond motifs is 1. The molecule has 0 aliphatic heterocycles. The number of nitrogens with zero attached hydrogens (tertiary/aromatic N) is 3. The Hall–Kier alpha value is -2.60. The number of carbonyl (C=O) groups excluding carboxylic acids is 1. The van der Waals surface area contributed by atoms with Gasteiger partial charge in [-0.2, -0.15) is 0 Å². The summed E-state index contributed by atoms with van der Waals surface area (Å²) in [5.41, 5.74) is 3.25. The summed E-state index contributed by atoms with van der Waals surface area (Å²) in [4.78, 5) is 26.6. The van der Waals surface area contributed by atoms with Gasteiger partial charge in [0, 0.05) is 47.7 Å². The van der Waals surface area contributed by atoms with Crippen molar-refractivity contribution in [3.05, 3.63) is 65.2 Å². The number of nitrogens with one attached hydrogen (secondary N) is 1. The molecule has 3 aromatic heterocycles.